The van der Waals surface area contributed by atoms with Crippen molar-refractivity contribution in [1.29, 1.82) is 0 Å². The summed E-state index contributed by atoms with van der Waals surface area (Å²) < 4.78 is 0. The molecule has 1 aromatic carbocycles. The third kappa shape index (κ3) is 3.71. The van der Waals surface area contributed by atoms with E-state index in [1.807, 2.05) is 18.7 Å². The number of aromatic amines is 1. The van der Waals surface area contributed by atoms with E-state index in [1.54, 1.807) is 18.2 Å². The van der Waals surface area contributed by atoms with Gasteiger partial charge in [-0.05, 0) is 57.2 Å². The van der Waals surface area contributed by atoms with Crippen molar-refractivity contribution in [3.63, 3.8) is 0 Å². The number of nitrogens with zero attached hydrogens (tertiary/aromatic N) is 1. The first kappa shape index (κ1) is 17.6. The maximum absolute atomic E-state index is 12.7. The smallest absolute Gasteiger partial charge is 0.270 e. The Kier molecular flexibility index (Phi) is 4.82. The maximum atomic E-state index is 12.7. The van der Waals surface area contributed by atoms with Crippen LogP contribution in [0.3, 0.4) is 0 Å². The number of H-pyrrole nitrogens is 1. The van der Waals surface area contributed by atoms with E-state index in [4.69, 9.17) is 23.2 Å². The Bertz CT molecular complexity index is 717. The SMILES string of the molecule is CC(C)(O)CC1CCN(C(=O)c2cc3c(Cl)ccc(Cl)c3[nH]2)CC1. The van der Waals surface area contributed by atoms with Gasteiger partial charge < -0.3 is 15.0 Å². The number of nitrogens with one attached hydrogen (secondary N) is 1. The van der Waals surface area contributed by atoms with E-state index < -0.39 is 5.60 Å². The van der Waals surface area contributed by atoms with Crippen LogP contribution in [-0.4, -0.2) is 39.6 Å². The molecule has 2 aromatic rings. The second-order valence-electron chi connectivity index (χ2n) is 7.25. The zero-order valence-corrected chi connectivity index (χ0v) is 15.4. The number of fused-ring (bicyclic) bond motifs is 1. The summed E-state index contributed by atoms with van der Waals surface area (Å²) in [5.74, 6) is 0.431. The number of likely N-dealkylation sites (tertiary alicyclic amines) is 1. The molecule has 2 heterocycles. The predicted molar refractivity (Wildman–Crippen MR) is 97.9 cm³/mol. The molecule has 0 atom stereocenters. The van der Waals surface area contributed by atoms with Gasteiger partial charge in [0.15, 0.2) is 0 Å². The number of hydrogen-bond donors (Lipinski definition) is 2. The number of halogens is 2. The van der Waals surface area contributed by atoms with Gasteiger partial charge in [0.25, 0.3) is 5.91 Å². The minimum atomic E-state index is -0.651. The van der Waals surface area contributed by atoms with Crippen LogP contribution in [0.25, 0.3) is 10.9 Å². The summed E-state index contributed by atoms with van der Waals surface area (Å²) in [5.41, 5.74) is 0.562. The van der Waals surface area contributed by atoms with Crippen LogP contribution in [0.2, 0.25) is 10.0 Å². The number of piperidine rings is 1. The van der Waals surface area contributed by atoms with Crippen molar-refractivity contribution in [3.05, 3.63) is 33.9 Å². The van der Waals surface area contributed by atoms with Crippen LogP contribution in [-0.2, 0) is 0 Å². The first-order valence-electron chi connectivity index (χ1n) is 8.23. The molecule has 1 amide bonds. The fourth-order valence-corrected chi connectivity index (χ4v) is 3.91. The number of aromatic nitrogens is 1. The molecule has 6 heteroatoms. The van der Waals surface area contributed by atoms with Gasteiger partial charge in [-0.15, -0.1) is 0 Å². The summed E-state index contributed by atoms with van der Waals surface area (Å²) in [7, 11) is 0. The minimum Gasteiger partial charge on any atom is -0.390 e. The van der Waals surface area contributed by atoms with E-state index in [-0.39, 0.29) is 5.91 Å². The van der Waals surface area contributed by atoms with Crippen molar-refractivity contribution in [1.82, 2.24) is 9.88 Å². The monoisotopic (exact) mass is 368 g/mol. The third-order valence-electron chi connectivity index (χ3n) is 4.61. The van der Waals surface area contributed by atoms with Crippen LogP contribution in [0.1, 0.15) is 43.6 Å². The summed E-state index contributed by atoms with van der Waals surface area (Å²) in [5, 5.41) is 11.8. The Labute approximate surface area is 151 Å². The highest BCUT2D eigenvalue weighted by Crippen LogP contribution is 2.31. The average molecular weight is 369 g/mol. The quantitative estimate of drug-likeness (QED) is 0.838. The Morgan fingerprint density at radius 2 is 1.92 bits per heavy atom. The van der Waals surface area contributed by atoms with Crippen molar-refractivity contribution < 1.29 is 9.90 Å². The van der Waals surface area contributed by atoms with Gasteiger partial charge in [-0.3, -0.25) is 4.79 Å². The average Bonchev–Trinajstić information content (AvgIpc) is 2.96. The van der Waals surface area contributed by atoms with Crippen molar-refractivity contribution in [3.8, 4) is 0 Å². The number of benzene rings is 1. The topological polar surface area (TPSA) is 56.3 Å². The fourth-order valence-electron chi connectivity index (χ4n) is 3.48. The molecule has 1 fully saturated rings. The molecule has 0 bridgehead atoms. The van der Waals surface area contributed by atoms with Gasteiger partial charge in [0.1, 0.15) is 5.69 Å². The number of carbonyl (C=O) groups is 1. The van der Waals surface area contributed by atoms with Gasteiger partial charge in [0, 0.05) is 18.5 Å². The Hall–Kier alpha value is -1.23. The standard InChI is InChI=1S/C18H22Cl2N2O2/c1-18(2,24)10-11-5-7-22(8-6-11)17(23)15-9-12-13(19)3-4-14(20)16(12)21-15/h3-4,9,11,21,24H,5-8,10H2,1-2H3. The molecule has 1 aliphatic heterocycles. The molecule has 130 valence electrons. The van der Waals surface area contributed by atoms with Gasteiger partial charge in [-0.2, -0.15) is 0 Å². The van der Waals surface area contributed by atoms with Crippen molar-refractivity contribution >= 4 is 40.0 Å². The largest absolute Gasteiger partial charge is 0.390 e. The van der Waals surface area contributed by atoms with Gasteiger partial charge in [-0.1, -0.05) is 23.2 Å². The first-order valence-corrected chi connectivity index (χ1v) is 8.98. The molecule has 1 aliphatic rings. The highest BCUT2D eigenvalue weighted by atomic mass is 35.5. The van der Waals surface area contributed by atoms with E-state index in [9.17, 15) is 9.90 Å². The van der Waals surface area contributed by atoms with Crippen molar-refractivity contribution in [2.45, 2.75) is 38.7 Å². The molecule has 0 saturated carbocycles. The summed E-state index contributed by atoms with van der Waals surface area (Å²) in [4.78, 5) is 17.7. The third-order valence-corrected chi connectivity index (χ3v) is 5.25. The number of amides is 1. The van der Waals surface area contributed by atoms with Gasteiger partial charge in [-0.25, -0.2) is 0 Å². The molecule has 0 radical (unpaired) electrons. The first-order chi connectivity index (χ1) is 11.2. The number of rotatable bonds is 3. The molecule has 0 aliphatic carbocycles. The van der Waals surface area contributed by atoms with Crippen molar-refractivity contribution in [2.24, 2.45) is 5.92 Å². The molecular formula is C18H22Cl2N2O2. The van der Waals surface area contributed by atoms with Crippen LogP contribution in [0.15, 0.2) is 18.2 Å². The highest BCUT2D eigenvalue weighted by molar-refractivity contribution is 6.40. The zero-order chi connectivity index (χ0) is 17.5. The van der Waals surface area contributed by atoms with Gasteiger partial charge in [0.05, 0.1) is 21.2 Å². The highest BCUT2D eigenvalue weighted by Gasteiger charge is 2.28. The van der Waals surface area contributed by atoms with Crippen LogP contribution in [0.5, 0.6) is 0 Å². The van der Waals surface area contributed by atoms with Crippen LogP contribution >= 0.6 is 23.2 Å². The number of carbonyl (C=O) groups excluding carboxylic acids is 1. The lowest BCUT2D eigenvalue weighted by Gasteiger charge is -2.34. The summed E-state index contributed by atoms with van der Waals surface area (Å²) >= 11 is 12.4. The lowest BCUT2D eigenvalue weighted by Crippen LogP contribution is -2.40. The molecule has 2 N–H and O–H groups in total. The Morgan fingerprint density at radius 1 is 1.29 bits per heavy atom. The summed E-state index contributed by atoms with van der Waals surface area (Å²) in [6.45, 7) is 5.08. The molecule has 0 unspecified atom stereocenters. The van der Waals surface area contributed by atoms with Crippen LogP contribution in [0.4, 0.5) is 0 Å². The molecule has 1 aromatic heterocycles. The molecule has 3 rings (SSSR count). The number of hydrogen-bond acceptors (Lipinski definition) is 2. The van der Waals surface area contributed by atoms with E-state index >= 15 is 0 Å². The fraction of sp³-hybridized carbons (Fsp3) is 0.500. The minimum absolute atomic E-state index is 0.0277. The van der Waals surface area contributed by atoms with Gasteiger partial charge >= 0.3 is 0 Å². The summed E-state index contributed by atoms with van der Waals surface area (Å²) in [6, 6.07) is 5.23. The van der Waals surface area contributed by atoms with Crippen LogP contribution in [0, 0.1) is 5.92 Å². The lowest BCUT2D eigenvalue weighted by molar-refractivity contribution is 0.0357. The molecule has 24 heavy (non-hydrogen) atoms. The van der Waals surface area contributed by atoms with E-state index in [1.165, 1.54) is 0 Å². The van der Waals surface area contributed by atoms with E-state index in [2.05, 4.69) is 4.98 Å². The lowest BCUT2D eigenvalue weighted by atomic mass is 9.86. The Morgan fingerprint density at radius 3 is 2.50 bits per heavy atom. The number of aliphatic hydroxyl groups is 1. The molecule has 0 spiro atoms. The van der Waals surface area contributed by atoms with Crippen molar-refractivity contribution in [2.75, 3.05) is 13.1 Å². The summed E-state index contributed by atoms with van der Waals surface area (Å²) in [6.07, 6.45) is 2.60. The normalized spacial score (nSPS) is 16.8. The predicted octanol–water partition coefficient (Wildman–Crippen LogP) is 4.49. The maximum Gasteiger partial charge on any atom is 0.270 e. The van der Waals surface area contributed by atoms with E-state index in [0.717, 1.165) is 24.6 Å². The van der Waals surface area contributed by atoms with E-state index in [0.29, 0.717) is 40.3 Å². The molecule has 1 saturated heterocycles. The second-order valence-corrected chi connectivity index (χ2v) is 8.07. The molecule has 4 nitrogen and oxygen atoms in total. The van der Waals surface area contributed by atoms with Crippen LogP contribution < -0.4 is 0 Å². The Balaban J connectivity index is 1.72. The zero-order valence-electron chi connectivity index (χ0n) is 13.9. The second kappa shape index (κ2) is 6.58. The van der Waals surface area contributed by atoms with Gasteiger partial charge in [0.2, 0.25) is 0 Å². The molecular weight excluding hydrogens is 347 g/mol.